The maximum atomic E-state index is 16.3. The van der Waals surface area contributed by atoms with Crippen LogP contribution >= 0.6 is 0 Å². The second-order valence-electron chi connectivity index (χ2n) is 13.3. The largest absolute Gasteiger partial charge is 0.396 e. The highest BCUT2D eigenvalue weighted by molar-refractivity contribution is 6.72. The fourth-order valence-corrected chi connectivity index (χ4v) is 10.3. The van der Waals surface area contributed by atoms with Crippen LogP contribution in [0.3, 0.4) is 0 Å². The lowest BCUT2D eigenvalue weighted by Crippen LogP contribution is -2.45. The lowest BCUT2D eigenvalue weighted by Gasteiger charge is -2.32. The van der Waals surface area contributed by atoms with Crippen LogP contribution in [0.25, 0.3) is 0 Å². The molecule has 4 heterocycles. The van der Waals surface area contributed by atoms with Gasteiger partial charge in [0.1, 0.15) is 0 Å². The number of carbonyl (C=O) groups is 2. The minimum Gasteiger partial charge on any atom is -0.396 e. The lowest BCUT2D eigenvalue weighted by molar-refractivity contribution is -0.146. The van der Waals surface area contributed by atoms with Crippen molar-refractivity contribution in [2.24, 2.45) is 5.92 Å². The van der Waals surface area contributed by atoms with Gasteiger partial charge in [0, 0.05) is 61.4 Å². The number of hydrogen-bond acceptors (Lipinski definition) is 6. The third-order valence-electron chi connectivity index (χ3n) is 9.86. The van der Waals surface area contributed by atoms with E-state index in [1.807, 2.05) is 60.4 Å². The van der Waals surface area contributed by atoms with Crippen molar-refractivity contribution in [1.82, 2.24) is 15.0 Å². The number of anilines is 2. The zero-order valence-corrected chi connectivity index (χ0v) is 27.5. The number of nitrogens with zero attached hydrogens (tertiary/aromatic N) is 5. The van der Waals surface area contributed by atoms with Gasteiger partial charge in [-0.05, 0) is 56.1 Å². The summed E-state index contributed by atoms with van der Waals surface area (Å²) in [6.07, 6.45) is 6.59. The van der Waals surface area contributed by atoms with Crippen molar-refractivity contribution >= 4 is 31.6 Å². The highest BCUT2D eigenvalue weighted by atomic mass is 28.4. The maximum Gasteiger partial charge on any atom is 0.264 e. The highest BCUT2D eigenvalue weighted by Crippen LogP contribution is 2.60. The number of rotatable bonds is 9. The van der Waals surface area contributed by atoms with Gasteiger partial charge in [-0.15, -0.1) is 5.10 Å². The van der Waals surface area contributed by atoms with Crippen LogP contribution in [-0.4, -0.2) is 59.6 Å². The van der Waals surface area contributed by atoms with E-state index < -0.39 is 31.6 Å². The molecule has 0 radical (unpaired) electrons. The van der Waals surface area contributed by atoms with E-state index in [2.05, 4.69) is 10.3 Å². The van der Waals surface area contributed by atoms with Crippen LogP contribution in [0.2, 0.25) is 18.6 Å². The molecule has 6 rings (SSSR count). The molecular weight excluding hydrogens is 589 g/mol. The topological polar surface area (TPSA) is 101 Å². The van der Waals surface area contributed by atoms with Crippen molar-refractivity contribution in [3.05, 3.63) is 71.5 Å². The van der Waals surface area contributed by atoms with Gasteiger partial charge in [0.05, 0.1) is 24.0 Å². The number of aryl methyl sites for hydroxylation is 1. The summed E-state index contributed by atoms with van der Waals surface area (Å²) in [6.45, 7) is 6.81. The number of aliphatic hydroxyl groups is 1. The Kier molecular flexibility index (Phi) is 8.95. The molecule has 4 atom stereocenters. The quantitative estimate of drug-likeness (QED) is 0.246. The number of carbonyl (C=O) groups excluding carboxylic acids is 2. The predicted octanol–water partition coefficient (Wildman–Crippen LogP) is 5.52. The van der Waals surface area contributed by atoms with Crippen LogP contribution in [0.15, 0.2) is 54.7 Å². The molecule has 2 fully saturated rings. The van der Waals surface area contributed by atoms with Gasteiger partial charge in [-0.1, -0.05) is 55.3 Å². The first-order chi connectivity index (χ1) is 21.6. The molecule has 11 heteroatoms. The predicted molar refractivity (Wildman–Crippen MR) is 173 cm³/mol. The standard InChI is InChI=1S/C34H44FN5O4Si/c1-24-32(45(2,3)35)30(16-19-38-23-26(17-20-41)36-37-38)44-34(24)28-21-27(39-18-10-5-4-9-13-31(39)42)14-15-29(28)40(33(34)43)22-25-11-7-6-8-12-25/h6-8,11-12,14-15,21,23-24,30,32,41H,4-5,9-10,13,16-20,22H2,1-3H3/t24-,30+,32-,34+/m0/s1. The van der Waals surface area contributed by atoms with Gasteiger partial charge in [0.2, 0.25) is 14.3 Å². The molecule has 45 heavy (non-hydrogen) atoms. The summed E-state index contributed by atoms with van der Waals surface area (Å²) in [5.41, 5.74) is 2.10. The van der Waals surface area contributed by atoms with E-state index in [-0.39, 0.29) is 18.4 Å². The van der Waals surface area contributed by atoms with E-state index in [4.69, 9.17) is 4.74 Å². The number of ether oxygens (including phenoxy) is 1. The number of fused-ring (bicyclic) bond motifs is 2. The van der Waals surface area contributed by atoms with Gasteiger partial charge >= 0.3 is 0 Å². The highest BCUT2D eigenvalue weighted by Gasteiger charge is 2.66. The Bertz CT molecular complexity index is 1530. The van der Waals surface area contributed by atoms with Crippen molar-refractivity contribution in [2.75, 3.05) is 23.0 Å². The Balaban J connectivity index is 1.40. The molecule has 0 saturated carbocycles. The van der Waals surface area contributed by atoms with Crippen LogP contribution < -0.4 is 9.80 Å². The molecule has 9 nitrogen and oxygen atoms in total. The molecule has 0 aliphatic carbocycles. The SMILES string of the molecule is C[C@H]1[C@H]([Si](C)(C)F)[C@@H](CCn2cc(CCO)nn2)O[C@]12C(=O)N(Cc1ccccc1)c1ccc(N3CCCCCCC3=O)cc12. The van der Waals surface area contributed by atoms with E-state index in [9.17, 15) is 14.7 Å². The van der Waals surface area contributed by atoms with Crippen molar-refractivity contribution in [3.8, 4) is 0 Å². The molecule has 0 unspecified atom stereocenters. The number of aliphatic hydroxyl groups excluding tert-OH is 1. The van der Waals surface area contributed by atoms with Crippen molar-refractivity contribution in [1.29, 1.82) is 0 Å². The molecule has 2 amide bonds. The van der Waals surface area contributed by atoms with Crippen LogP contribution in [0, 0.1) is 5.92 Å². The molecule has 2 aromatic carbocycles. The maximum absolute atomic E-state index is 16.3. The number of halogens is 1. The Morgan fingerprint density at radius 2 is 1.87 bits per heavy atom. The second kappa shape index (κ2) is 12.8. The van der Waals surface area contributed by atoms with Gasteiger partial charge < -0.3 is 23.8 Å². The fraction of sp³-hybridized carbons (Fsp3) is 0.529. The van der Waals surface area contributed by atoms with Gasteiger partial charge in [-0.25, -0.2) is 0 Å². The fourth-order valence-electron chi connectivity index (χ4n) is 7.76. The molecule has 3 aliphatic rings. The number of aromatic nitrogens is 3. The van der Waals surface area contributed by atoms with Crippen molar-refractivity contribution < 1.29 is 23.5 Å². The normalized spacial score (nSPS) is 25.6. The number of amides is 2. The molecule has 1 N–H and O–H groups in total. The summed E-state index contributed by atoms with van der Waals surface area (Å²) in [5.74, 6) is -0.516. The Labute approximate surface area is 265 Å². The minimum absolute atomic E-state index is 0.0137. The lowest BCUT2D eigenvalue weighted by atomic mass is 9.82. The van der Waals surface area contributed by atoms with Gasteiger partial charge in [-0.3, -0.25) is 14.3 Å². The molecule has 3 aromatic rings. The van der Waals surface area contributed by atoms with Gasteiger partial charge in [0.25, 0.3) is 5.91 Å². The molecule has 3 aliphatic heterocycles. The zero-order chi connectivity index (χ0) is 31.8. The van der Waals surface area contributed by atoms with Crippen LogP contribution in [0.5, 0.6) is 0 Å². The average molecular weight is 634 g/mol. The zero-order valence-electron chi connectivity index (χ0n) is 26.5. The minimum atomic E-state index is -3.34. The summed E-state index contributed by atoms with van der Waals surface area (Å²) < 4.78 is 25.0. The molecule has 2 saturated heterocycles. The van der Waals surface area contributed by atoms with Crippen LogP contribution in [0.4, 0.5) is 15.5 Å². The first-order valence-corrected chi connectivity index (χ1v) is 19.3. The molecule has 1 spiro atoms. The molecule has 240 valence electrons. The third kappa shape index (κ3) is 5.97. The van der Waals surface area contributed by atoms with E-state index >= 15 is 4.11 Å². The van der Waals surface area contributed by atoms with Crippen molar-refractivity contribution in [2.45, 2.75) is 95.3 Å². The average Bonchev–Trinajstić information content (AvgIpc) is 3.65. The first-order valence-electron chi connectivity index (χ1n) is 16.3. The Hall–Kier alpha value is -3.41. The van der Waals surface area contributed by atoms with Gasteiger partial charge in [-0.2, -0.15) is 0 Å². The first kappa shape index (κ1) is 31.6. The van der Waals surface area contributed by atoms with E-state index in [0.717, 1.165) is 48.2 Å². The number of benzene rings is 2. The van der Waals surface area contributed by atoms with E-state index in [0.29, 0.717) is 44.6 Å². The molecule has 0 bridgehead atoms. The smallest absolute Gasteiger partial charge is 0.264 e. The summed E-state index contributed by atoms with van der Waals surface area (Å²) >= 11 is 0. The van der Waals surface area contributed by atoms with Crippen molar-refractivity contribution in [3.63, 3.8) is 0 Å². The monoisotopic (exact) mass is 633 g/mol. The second-order valence-corrected chi connectivity index (χ2v) is 17.1. The number of hydrogen-bond donors (Lipinski definition) is 1. The van der Waals surface area contributed by atoms with E-state index in [1.165, 1.54) is 0 Å². The summed E-state index contributed by atoms with van der Waals surface area (Å²) in [6, 6.07) is 15.7. The summed E-state index contributed by atoms with van der Waals surface area (Å²) in [7, 11) is -3.34. The Morgan fingerprint density at radius 3 is 2.62 bits per heavy atom. The summed E-state index contributed by atoms with van der Waals surface area (Å²) in [5, 5.41) is 17.6. The molecule has 1 aromatic heterocycles. The summed E-state index contributed by atoms with van der Waals surface area (Å²) in [4.78, 5) is 31.7. The van der Waals surface area contributed by atoms with Gasteiger partial charge in [0.15, 0.2) is 5.60 Å². The Morgan fingerprint density at radius 1 is 1.09 bits per heavy atom. The third-order valence-corrected chi connectivity index (χ3v) is 12.3. The van der Waals surface area contributed by atoms with Crippen LogP contribution in [-0.2, 0) is 39.4 Å². The van der Waals surface area contributed by atoms with E-state index in [1.54, 1.807) is 28.9 Å². The molecular formula is C34H44FN5O4Si. The van der Waals surface area contributed by atoms with Crippen LogP contribution in [0.1, 0.15) is 62.3 Å².